The van der Waals surface area contributed by atoms with Gasteiger partial charge in [-0.2, -0.15) is 0 Å². The summed E-state index contributed by atoms with van der Waals surface area (Å²) in [6, 6.07) is 0. The highest BCUT2D eigenvalue weighted by atomic mass is 32.2. The summed E-state index contributed by atoms with van der Waals surface area (Å²) < 4.78 is 10.4. The number of rotatable bonds is 13. The molecule has 2 saturated heterocycles. The molecule has 0 aromatic heterocycles. The maximum Gasteiger partial charge on any atom is 0.305 e. The van der Waals surface area contributed by atoms with E-state index in [-0.39, 0.29) is 23.8 Å². The van der Waals surface area contributed by atoms with Gasteiger partial charge in [-0.1, -0.05) is 60.8 Å². The summed E-state index contributed by atoms with van der Waals surface area (Å²) >= 11 is 13.0. The molecule has 2 fully saturated rings. The molecular formula is C21H28N2O6S4. The lowest BCUT2D eigenvalue weighted by atomic mass is 10.2. The highest BCUT2D eigenvalue weighted by Gasteiger charge is 2.41. The van der Waals surface area contributed by atoms with E-state index in [2.05, 4.69) is 4.74 Å². The Hall–Kier alpha value is -1.50. The van der Waals surface area contributed by atoms with Gasteiger partial charge < -0.3 is 9.47 Å². The minimum absolute atomic E-state index is 0.214. The second kappa shape index (κ2) is 14.0. The predicted octanol–water partition coefficient (Wildman–Crippen LogP) is 3.78. The molecule has 0 N–H and O–H groups in total. The van der Waals surface area contributed by atoms with E-state index in [1.807, 2.05) is 0 Å². The zero-order chi connectivity index (χ0) is 24.4. The Morgan fingerprint density at radius 3 is 1.67 bits per heavy atom. The number of nitrogens with zero attached hydrogens (tertiary/aromatic N) is 2. The van der Waals surface area contributed by atoms with Crippen molar-refractivity contribution in [2.45, 2.75) is 58.3 Å². The van der Waals surface area contributed by atoms with Crippen LogP contribution in [0.5, 0.6) is 0 Å². The number of amides is 2. The third-order valence-electron chi connectivity index (χ3n) is 4.96. The molecule has 0 aliphatic carbocycles. The largest absolute Gasteiger partial charge is 0.469 e. The van der Waals surface area contributed by atoms with Gasteiger partial charge in [0.1, 0.15) is 8.64 Å². The Labute approximate surface area is 213 Å². The molecule has 0 saturated carbocycles. The van der Waals surface area contributed by atoms with Gasteiger partial charge in [0.15, 0.2) is 0 Å². The van der Waals surface area contributed by atoms with Gasteiger partial charge in [-0.25, -0.2) is 0 Å². The van der Waals surface area contributed by atoms with Crippen LogP contribution in [0.25, 0.3) is 0 Å². The van der Waals surface area contributed by atoms with E-state index in [0.29, 0.717) is 76.7 Å². The van der Waals surface area contributed by atoms with Gasteiger partial charge in [0.25, 0.3) is 11.8 Å². The molecule has 0 aromatic carbocycles. The van der Waals surface area contributed by atoms with Crippen molar-refractivity contribution in [2.24, 2.45) is 0 Å². The number of thioether (sulfide) groups is 2. The first kappa shape index (κ1) is 27.7. The van der Waals surface area contributed by atoms with Crippen LogP contribution in [0.2, 0.25) is 0 Å². The summed E-state index contributed by atoms with van der Waals surface area (Å²) in [5, 5.41) is 0. The smallest absolute Gasteiger partial charge is 0.305 e. The topological polar surface area (TPSA) is 93.2 Å². The van der Waals surface area contributed by atoms with Crippen molar-refractivity contribution in [3.8, 4) is 0 Å². The maximum atomic E-state index is 12.9. The Balaban J connectivity index is 1.85. The van der Waals surface area contributed by atoms with Crippen LogP contribution in [0.4, 0.5) is 0 Å². The molecule has 0 aromatic rings. The van der Waals surface area contributed by atoms with Gasteiger partial charge >= 0.3 is 11.9 Å². The standard InChI is InChI=1S/C21H28N2O6S4/c1-3-29-15(25)11-7-5-9-13-23-19(27)17(33-21(23)31)16-18(26)22(20(30)32-16)12-8-4-6-10-14(24)28-2/h3-13H2,1-2H3/b17-16+. The Morgan fingerprint density at radius 2 is 1.24 bits per heavy atom. The Morgan fingerprint density at radius 1 is 0.788 bits per heavy atom. The van der Waals surface area contributed by atoms with Gasteiger partial charge in [0.05, 0.1) is 23.5 Å². The number of carbonyl (C=O) groups excluding carboxylic acids is 4. The van der Waals surface area contributed by atoms with Gasteiger partial charge in [-0.3, -0.25) is 29.0 Å². The molecule has 0 spiro atoms. The normalized spacial score (nSPS) is 18.5. The number of esters is 2. The third-order valence-corrected chi connectivity index (χ3v) is 7.99. The maximum absolute atomic E-state index is 12.9. The SMILES string of the molecule is CCOC(=O)CCCCCN1C(=O)/C(=C2\SC(=S)N(CCCCCC(=O)OC)C2=O)SC1=S. The van der Waals surface area contributed by atoms with Crippen LogP contribution in [0.1, 0.15) is 58.3 Å². The van der Waals surface area contributed by atoms with E-state index in [1.165, 1.54) is 16.9 Å². The summed E-state index contributed by atoms with van der Waals surface area (Å²) in [5.41, 5.74) is 0. The second-order valence-corrected chi connectivity index (χ2v) is 10.6. The summed E-state index contributed by atoms with van der Waals surface area (Å²) in [4.78, 5) is 52.1. The molecule has 2 aliphatic heterocycles. The summed E-state index contributed by atoms with van der Waals surface area (Å²) in [6.07, 6.45) is 5.00. The molecule has 2 heterocycles. The third kappa shape index (κ3) is 8.04. The highest BCUT2D eigenvalue weighted by molar-refractivity contribution is 8.29. The minimum atomic E-state index is -0.270. The van der Waals surface area contributed by atoms with Crippen molar-refractivity contribution in [1.29, 1.82) is 0 Å². The lowest BCUT2D eigenvalue weighted by molar-refractivity contribution is -0.143. The monoisotopic (exact) mass is 532 g/mol. The zero-order valence-corrected chi connectivity index (χ0v) is 22.0. The fourth-order valence-electron chi connectivity index (χ4n) is 3.22. The van der Waals surface area contributed by atoms with E-state index in [9.17, 15) is 19.2 Å². The zero-order valence-electron chi connectivity index (χ0n) is 18.8. The summed E-state index contributed by atoms with van der Waals surface area (Å²) in [6.45, 7) is 3.03. The van der Waals surface area contributed by atoms with Crippen molar-refractivity contribution in [3.05, 3.63) is 9.81 Å². The number of thiocarbonyl (C=S) groups is 2. The first-order valence-corrected chi connectivity index (χ1v) is 13.3. The van der Waals surface area contributed by atoms with Crippen LogP contribution in [-0.2, 0) is 28.7 Å². The van der Waals surface area contributed by atoms with Crippen LogP contribution < -0.4 is 0 Å². The Bertz CT molecular complexity index is 845. The number of hydrogen-bond donors (Lipinski definition) is 0. The van der Waals surface area contributed by atoms with Crippen LogP contribution in [-0.4, -0.2) is 69.0 Å². The summed E-state index contributed by atoms with van der Waals surface area (Å²) in [7, 11) is 1.36. The van der Waals surface area contributed by atoms with Crippen molar-refractivity contribution >= 4 is 80.4 Å². The van der Waals surface area contributed by atoms with Crippen LogP contribution >= 0.6 is 48.0 Å². The van der Waals surface area contributed by atoms with E-state index >= 15 is 0 Å². The molecule has 8 nitrogen and oxygen atoms in total. The fraction of sp³-hybridized carbons (Fsp3) is 0.619. The quantitative estimate of drug-likeness (QED) is 0.151. The van der Waals surface area contributed by atoms with Crippen molar-refractivity contribution in [2.75, 3.05) is 26.8 Å². The van der Waals surface area contributed by atoms with E-state index in [1.54, 1.807) is 6.92 Å². The molecule has 2 amide bonds. The van der Waals surface area contributed by atoms with Crippen molar-refractivity contribution in [1.82, 2.24) is 9.80 Å². The molecule has 2 aliphatic rings. The molecule has 182 valence electrons. The summed E-state index contributed by atoms with van der Waals surface area (Å²) in [5.74, 6) is -1.00. The number of ether oxygens (including phenoxy) is 2. The van der Waals surface area contributed by atoms with Crippen molar-refractivity contribution in [3.63, 3.8) is 0 Å². The van der Waals surface area contributed by atoms with Crippen LogP contribution in [0.3, 0.4) is 0 Å². The number of unbranched alkanes of at least 4 members (excludes halogenated alkanes) is 4. The van der Waals surface area contributed by atoms with Crippen molar-refractivity contribution < 1.29 is 28.7 Å². The number of carbonyl (C=O) groups is 4. The molecule has 12 heteroatoms. The lowest BCUT2D eigenvalue weighted by Crippen LogP contribution is -2.31. The average Bonchev–Trinajstić information content (AvgIpc) is 3.22. The second-order valence-electron chi connectivity index (χ2n) is 7.31. The molecule has 2 rings (SSSR count). The molecule has 0 unspecified atom stereocenters. The molecule has 0 radical (unpaired) electrons. The fourth-order valence-corrected chi connectivity index (χ4v) is 5.99. The van der Waals surface area contributed by atoms with Crippen LogP contribution in [0, 0.1) is 0 Å². The van der Waals surface area contributed by atoms with Crippen LogP contribution in [0.15, 0.2) is 9.81 Å². The van der Waals surface area contributed by atoms with Gasteiger partial charge in [-0.05, 0) is 32.6 Å². The van der Waals surface area contributed by atoms with E-state index < -0.39 is 0 Å². The first-order valence-electron chi connectivity index (χ1n) is 10.8. The highest BCUT2D eigenvalue weighted by Crippen LogP contribution is 2.42. The minimum Gasteiger partial charge on any atom is -0.469 e. The number of hydrogen-bond acceptors (Lipinski definition) is 10. The average molecular weight is 533 g/mol. The lowest BCUT2D eigenvalue weighted by Gasteiger charge is -2.14. The molecule has 0 atom stereocenters. The predicted molar refractivity (Wildman–Crippen MR) is 136 cm³/mol. The molecule has 0 bridgehead atoms. The van der Waals surface area contributed by atoms with Gasteiger partial charge in [-0.15, -0.1) is 0 Å². The van der Waals surface area contributed by atoms with Gasteiger partial charge in [0, 0.05) is 25.9 Å². The molecular weight excluding hydrogens is 505 g/mol. The van der Waals surface area contributed by atoms with Gasteiger partial charge in [0.2, 0.25) is 0 Å². The number of methoxy groups -OCH3 is 1. The first-order chi connectivity index (χ1) is 15.8. The van der Waals surface area contributed by atoms with E-state index in [0.717, 1.165) is 36.4 Å². The molecule has 33 heavy (non-hydrogen) atoms. The Kier molecular flexibility index (Phi) is 11.8. The van der Waals surface area contributed by atoms with E-state index in [4.69, 9.17) is 29.2 Å².